The van der Waals surface area contributed by atoms with E-state index < -0.39 is 7.21 Å². The second-order valence-corrected chi connectivity index (χ2v) is 11.8. The van der Waals surface area contributed by atoms with Crippen LogP contribution in [0.2, 0.25) is 0 Å². The molecule has 0 bridgehead atoms. The molecule has 3 nitrogen and oxygen atoms in total. The number of hydrogen-bond donors (Lipinski definition) is 0. The molecule has 1 aromatic carbocycles. The topological polar surface area (TPSA) is 28.5 Å². The summed E-state index contributed by atoms with van der Waals surface area (Å²) in [5, 5.41) is 1.41. The van der Waals surface area contributed by atoms with Crippen molar-refractivity contribution in [1.82, 2.24) is 9.65 Å². The number of halogens is 1. The molecule has 0 amide bonds. The molecule has 0 radical (unpaired) electrons. The summed E-state index contributed by atoms with van der Waals surface area (Å²) < 4.78 is 8.20. The average Bonchev–Trinajstić information content (AvgIpc) is 3.10. The number of hydrogen-bond acceptors (Lipinski definition) is 2. The van der Waals surface area contributed by atoms with Crippen molar-refractivity contribution in [2.45, 2.75) is 52.6 Å². The van der Waals surface area contributed by atoms with Gasteiger partial charge >= 0.3 is 0 Å². The van der Waals surface area contributed by atoms with Crippen LogP contribution in [-0.2, 0) is 0 Å². The number of benzene rings is 1. The zero-order valence-electron chi connectivity index (χ0n) is 16.6. The molecule has 2 aromatic rings. The van der Waals surface area contributed by atoms with Gasteiger partial charge in [-0.05, 0) is 62.1 Å². The van der Waals surface area contributed by atoms with Gasteiger partial charge < -0.3 is 0 Å². The number of pyridine rings is 1. The molecule has 26 heavy (non-hydrogen) atoms. The lowest BCUT2D eigenvalue weighted by Gasteiger charge is -2.44. The van der Waals surface area contributed by atoms with Crippen LogP contribution in [0.4, 0.5) is 5.69 Å². The molecule has 0 spiro atoms. The molecule has 1 fully saturated rings. The standard InChI is InChI=1S/C21H30N3P.ClH/c1-17-8-9-19(16-18(17)2)23-25(21(3,4)5,24-14-6-7-15-24)20-10-12-22-13-11-20;/h8-13,16H,6-7,14-15H2,1-5H3;1H. The van der Waals surface area contributed by atoms with Crippen molar-refractivity contribution in [1.29, 1.82) is 0 Å². The first kappa shape index (κ1) is 21.2. The van der Waals surface area contributed by atoms with E-state index in [1.54, 1.807) is 0 Å². The van der Waals surface area contributed by atoms with Gasteiger partial charge in [-0.2, -0.15) is 0 Å². The second kappa shape index (κ2) is 8.25. The summed E-state index contributed by atoms with van der Waals surface area (Å²) in [6.45, 7) is 13.7. The quantitative estimate of drug-likeness (QED) is 0.592. The molecular formula is C21H31ClN3P. The number of aromatic nitrogens is 1. The Kier molecular flexibility index (Phi) is 6.71. The van der Waals surface area contributed by atoms with E-state index in [1.807, 2.05) is 12.4 Å². The molecule has 1 unspecified atom stereocenters. The number of rotatable bonds is 3. The largest absolute Gasteiger partial charge is 0.265 e. The van der Waals surface area contributed by atoms with E-state index >= 15 is 0 Å². The van der Waals surface area contributed by atoms with Crippen LogP contribution < -0.4 is 5.30 Å². The SMILES string of the molecule is Cc1ccc(N=P(c2ccncc2)(N2CCCC2)C(C)(C)C)cc1C.Cl. The van der Waals surface area contributed by atoms with Gasteiger partial charge in [0.05, 0.1) is 12.9 Å². The van der Waals surface area contributed by atoms with Crippen LogP contribution in [0.15, 0.2) is 47.5 Å². The van der Waals surface area contributed by atoms with E-state index in [2.05, 4.69) is 74.6 Å². The molecule has 5 heteroatoms. The van der Waals surface area contributed by atoms with E-state index in [1.165, 1.54) is 29.3 Å². The Hall–Kier alpha value is -1.15. The summed E-state index contributed by atoms with van der Waals surface area (Å²) in [5.41, 5.74) is 3.74. The predicted octanol–water partition coefficient (Wildman–Crippen LogP) is 6.09. The van der Waals surface area contributed by atoms with Gasteiger partial charge in [-0.25, -0.2) is 4.74 Å². The van der Waals surface area contributed by atoms with Gasteiger partial charge in [-0.1, -0.05) is 26.8 Å². The van der Waals surface area contributed by atoms with Crippen molar-refractivity contribution in [3.8, 4) is 0 Å². The fraction of sp³-hybridized carbons (Fsp3) is 0.476. The Balaban J connectivity index is 0.00000243. The fourth-order valence-electron chi connectivity index (χ4n) is 3.74. The highest BCUT2D eigenvalue weighted by atomic mass is 35.5. The normalized spacial score (nSPS) is 17.4. The monoisotopic (exact) mass is 391 g/mol. The van der Waals surface area contributed by atoms with Gasteiger partial charge in [-0.15, -0.1) is 12.4 Å². The lowest BCUT2D eigenvalue weighted by molar-refractivity contribution is 0.538. The minimum absolute atomic E-state index is 0. The summed E-state index contributed by atoms with van der Waals surface area (Å²) in [7, 11) is -1.92. The summed E-state index contributed by atoms with van der Waals surface area (Å²) >= 11 is 0. The maximum Gasteiger partial charge on any atom is 0.0720 e. The minimum Gasteiger partial charge on any atom is -0.265 e. The van der Waals surface area contributed by atoms with Crippen molar-refractivity contribution in [3.05, 3.63) is 53.9 Å². The Morgan fingerprint density at radius 1 is 0.962 bits per heavy atom. The van der Waals surface area contributed by atoms with Crippen LogP contribution in [0, 0.1) is 13.8 Å². The van der Waals surface area contributed by atoms with Gasteiger partial charge in [0.1, 0.15) is 0 Å². The predicted molar refractivity (Wildman–Crippen MR) is 117 cm³/mol. The second-order valence-electron chi connectivity index (χ2n) is 8.01. The molecule has 2 heterocycles. The average molecular weight is 392 g/mol. The molecule has 0 saturated carbocycles. The Morgan fingerprint density at radius 3 is 2.12 bits per heavy atom. The smallest absolute Gasteiger partial charge is 0.0720 e. The molecule has 0 aliphatic carbocycles. The van der Waals surface area contributed by atoms with Crippen molar-refractivity contribution >= 4 is 30.6 Å². The maximum atomic E-state index is 5.52. The van der Waals surface area contributed by atoms with Crippen LogP contribution in [0.1, 0.15) is 44.7 Å². The van der Waals surface area contributed by atoms with Crippen LogP contribution in [0.25, 0.3) is 0 Å². The van der Waals surface area contributed by atoms with E-state index in [0.29, 0.717) is 0 Å². The highest BCUT2D eigenvalue weighted by molar-refractivity contribution is 7.73. The first-order valence-electron chi connectivity index (χ1n) is 9.20. The number of nitrogens with zero attached hydrogens (tertiary/aromatic N) is 3. The van der Waals surface area contributed by atoms with E-state index in [-0.39, 0.29) is 17.6 Å². The van der Waals surface area contributed by atoms with Crippen LogP contribution >= 0.6 is 19.6 Å². The summed E-state index contributed by atoms with van der Waals surface area (Å²) in [5.74, 6) is 0. The zero-order valence-corrected chi connectivity index (χ0v) is 18.3. The van der Waals surface area contributed by atoms with Crippen LogP contribution in [-0.4, -0.2) is 27.9 Å². The lowest BCUT2D eigenvalue weighted by atomic mass is 10.1. The van der Waals surface area contributed by atoms with Gasteiger partial charge in [0, 0.05) is 35.9 Å². The molecule has 1 aromatic heterocycles. The summed E-state index contributed by atoms with van der Waals surface area (Å²) in [6.07, 6.45) is 6.38. The first-order chi connectivity index (χ1) is 11.8. The van der Waals surface area contributed by atoms with E-state index in [0.717, 1.165) is 18.8 Å². The number of aryl methyl sites for hydroxylation is 2. The molecule has 1 aliphatic rings. The Bertz CT molecular complexity index is 791. The lowest BCUT2D eigenvalue weighted by Crippen LogP contribution is -2.35. The molecule has 1 atom stereocenters. The van der Waals surface area contributed by atoms with Crippen molar-refractivity contribution < 1.29 is 0 Å². The highest BCUT2D eigenvalue weighted by Gasteiger charge is 2.42. The third kappa shape index (κ3) is 3.91. The molecule has 1 saturated heterocycles. The van der Waals surface area contributed by atoms with Crippen molar-refractivity contribution in [3.63, 3.8) is 0 Å². The third-order valence-electron chi connectivity index (χ3n) is 5.20. The zero-order chi connectivity index (χ0) is 18.1. The van der Waals surface area contributed by atoms with E-state index in [9.17, 15) is 0 Å². The first-order valence-corrected chi connectivity index (χ1v) is 10.9. The molecule has 142 valence electrons. The molecule has 0 N–H and O–H groups in total. The molecule has 3 rings (SSSR count). The summed E-state index contributed by atoms with van der Waals surface area (Å²) in [4.78, 5) is 4.26. The molecule has 1 aliphatic heterocycles. The Labute approximate surface area is 164 Å². The van der Waals surface area contributed by atoms with Gasteiger partial charge in [0.2, 0.25) is 0 Å². The van der Waals surface area contributed by atoms with Crippen molar-refractivity contribution in [2.75, 3.05) is 13.1 Å². The summed E-state index contributed by atoms with van der Waals surface area (Å²) in [6, 6.07) is 11.0. The molecular weight excluding hydrogens is 361 g/mol. The highest BCUT2D eigenvalue weighted by Crippen LogP contribution is 2.64. The van der Waals surface area contributed by atoms with Gasteiger partial charge in [-0.3, -0.25) is 9.65 Å². The Morgan fingerprint density at radius 2 is 1.58 bits per heavy atom. The van der Waals surface area contributed by atoms with Gasteiger partial charge in [0.15, 0.2) is 0 Å². The van der Waals surface area contributed by atoms with Gasteiger partial charge in [0.25, 0.3) is 0 Å². The third-order valence-corrected chi connectivity index (χ3v) is 9.83. The maximum absolute atomic E-state index is 5.52. The van der Waals surface area contributed by atoms with Crippen LogP contribution in [0.3, 0.4) is 0 Å². The fourth-order valence-corrected chi connectivity index (χ4v) is 8.10. The van der Waals surface area contributed by atoms with E-state index in [4.69, 9.17) is 4.74 Å². The van der Waals surface area contributed by atoms with Crippen molar-refractivity contribution in [2.24, 2.45) is 4.74 Å². The minimum atomic E-state index is -1.92. The van der Waals surface area contributed by atoms with Crippen LogP contribution in [0.5, 0.6) is 0 Å².